The molecule has 0 bridgehead atoms. The molecule has 110 valence electrons. The Labute approximate surface area is 119 Å². The molecule has 0 spiro atoms. The van der Waals surface area contributed by atoms with Crippen LogP contribution in [0.1, 0.15) is 30.6 Å². The molecule has 0 radical (unpaired) electrons. The van der Waals surface area contributed by atoms with Crippen molar-refractivity contribution in [1.29, 1.82) is 0 Å². The van der Waals surface area contributed by atoms with Crippen molar-refractivity contribution in [1.82, 2.24) is 10.6 Å². The summed E-state index contributed by atoms with van der Waals surface area (Å²) in [5, 5.41) is 5.52. The number of benzene rings is 1. The molecule has 0 saturated carbocycles. The number of ether oxygens (including phenoxy) is 1. The van der Waals surface area contributed by atoms with Gasteiger partial charge in [-0.15, -0.1) is 0 Å². The second kappa shape index (κ2) is 8.19. The van der Waals surface area contributed by atoms with E-state index >= 15 is 0 Å². The van der Waals surface area contributed by atoms with Gasteiger partial charge in [0.2, 0.25) is 5.91 Å². The molecule has 0 saturated heterocycles. The van der Waals surface area contributed by atoms with Crippen molar-refractivity contribution in [3.63, 3.8) is 0 Å². The Morgan fingerprint density at radius 3 is 2.25 bits per heavy atom. The molecule has 20 heavy (non-hydrogen) atoms. The molecule has 1 aromatic rings. The van der Waals surface area contributed by atoms with Gasteiger partial charge in [0.1, 0.15) is 5.75 Å². The normalized spacial score (nSPS) is 10.2. The molecule has 2 amide bonds. The van der Waals surface area contributed by atoms with Crippen LogP contribution in [-0.4, -0.2) is 32.0 Å². The minimum atomic E-state index is -0.161. The average Bonchev–Trinajstić information content (AvgIpc) is 2.42. The van der Waals surface area contributed by atoms with Crippen molar-refractivity contribution in [2.75, 3.05) is 20.2 Å². The molecule has 0 aliphatic heterocycles. The molecule has 0 aliphatic rings. The minimum absolute atomic E-state index is 0.0127. The van der Waals surface area contributed by atoms with E-state index in [9.17, 15) is 9.59 Å². The maximum Gasteiger partial charge on any atom is 0.251 e. The number of hydrogen-bond donors (Lipinski definition) is 2. The Morgan fingerprint density at radius 1 is 1.10 bits per heavy atom. The number of rotatable bonds is 7. The van der Waals surface area contributed by atoms with Crippen LogP contribution in [0, 0.1) is 5.92 Å². The van der Waals surface area contributed by atoms with Gasteiger partial charge in [0.05, 0.1) is 7.11 Å². The lowest BCUT2D eigenvalue weighted by Crippen LogP contribution is -2.35. The van der Waals surface area contributed by atoms with Crippen LogP contribution in [0.2, 0.25) is 0 Å². The monoisotopic (exact) mass is 278 g/mol. The van der Waals surface area contributed by atoms with E-state index in [0.29, 0.717) is 36.7 Å². The van der Waals surface area contributed by atoms with Gasteiger partial charge in [0, 0.05) is 25.1 Å². The van der Waals surface area contributed by atoms with Crippen molar-refractivity contribution < 1.29 is 14.3 Å². The molecule has 0 heterocycles. The van der Waals surface area contributed by atoms with Crippen LogP contribution in [0.4, 0.5) is 0 Å². The number of carbonyl (C=O) groups excluding carboxylic acids is 2. The maximum atomic E-state index is 11.8. The Balaban J connectivity index is 2.27. The van der Waals surface area contributed by atoms with Gasteiger partial charge in [0.15, 0.2) is 0 Å². The fraction of sp³-hybridized carbons (Fsp3) is 0.467. The van der Waals surface area contributed by atoms with E-state index in [4.69, 9.17) is 4.74 Å². The molecule has 2 N–H and O–H groups in total. The lowest BCUT2D eigenvalue weighted by atomic mass is 10.1. The number of carbonyl (C=O) groups is 2. The van der Waals surface area contributed by atoms with Gasteiger partial charge in [-0.3, -0.25) is 9.59 Å². The van der Waals surface area contributed by atoms with Gasteiger partial charge in [-0.1, -0.05) is 13.8 Å². The number of amides is 2. The van der Waals surface area contributed by atoms with E-state index < -0.39 is 0 Å². The number of nitrogens with one attached hydrogen (secondary N) is 2. The first kappa shape index (κ1) is 16.0. The highest BCUT2D eigenvalue weighted by atomic mass is 16.5. The quantitative estimate of drug-likeness (QED) is 0.744. The SMILES string of the molecule is COc1ccc(C(=O)NCCNC(=O)CC(C)C)cc1. The van der Waals surface area contributed by atoms with E-state index in [1.165, 1.54) is 0 Å². The number of methoxy groups -OCH3 is 1. The van der Waals surface area contributed by atoms with Crippen LogP contribution in [0.15, 0.2) is 24.3 Å². The van der Waals surface area contributed by atoms with Crippen molar-refractivity contribution >= 4 is 11.8 Å². The van der Waals surface area contributed by atoms with Gasteiger partial charge >= 0.3 is 0 Å². The molecule has 0 aliphatic carbocycles. The van der Waals surface area contributed by atoms with Crippen LogP contribution in [0.25, 0.3) is 0 Å². The Kier molecular flexibility index (Phi) is 6.56. The third-order valence-corrected chi connectivity index (χ3v) is 2.68. The molecule has 0 unspecified atom stereocenters. The van der Waals surface area contributed by atoms with E-state index in [1.54, 1.807) is 31.4 Å². The lowest BCUT2D eigenvalue weighted by molar-refractivity contribution is -0.121. The maximum absolute atomic E-state index is 11.8. The topological polar surface area (TPSA) is 67.4 Å². The van der Waals surface area contributed by atoms with Crippen molar-refractivity contribution in [2.24, 2.45) is 5.92 Å². The second-order valence-electron chi connectivity index (χ2n) is 4.93. The van der Waals surface area contributed by atoms with E-state index in [0.717, 1.165) is 0 Å². The highest BCUT2D eigenvalue weighted by molar-refractivity contribution is 5.94. The van der Waals surface area contributed by atoms with E-state index in [-0.39, 0.29) is 11.8 Å². The molecule has 5 nitrogen and oxygen atoms in total. The summed E-state index contributed by atoms with van der Waals surface area (Å²) in [5.41, 5.74) is 0.569. The summed E-state index contributed by atoms with van der Waals surface area (Å²) >= 11 is 0. The summed E-state index contributed by atoms with van der Waals surface area (Å²) in [6.45, 7) is 4.83. The zero-order valence-corrected chi connectivity index (χ0v) is 12.2. The minimum Gasteiger partial charge on any atom is -0.497 e. The summed E-state index contributed by atoms with van der Waals surface area (Å²) < 4.78 is 5.03. The van der Waals surface area contributed by atoms with E-state index in [2.05, 4.69) is 10.6 Å². The summed E-state index contributed by atoms with van der Waals surface area (Å²) in [4.78, 5) is 23.2. The molecule has 0 atom stereocenters. The average molecular weight is 278 g/mol. The van der Waals surface area contributed by atoms with Crippen LogP contribution < -0.4 is 15.4 Å². The van der Waals surface area contributed by atoms with Gasteiger partial charge < -0.3 is 15.4 Å². The third kappa shape index (κ3) is 5.73. The fourth-order valence-corrected chi connectivity index (χ4v) is 1.67. The smallest absolute Gasteiger partial charge is 0.251 e. The van der Waals surface area contributed by atoms with Gasteiger partial charge in [-0.2, -0.15) is 0 Å². The molecule has 1 aromatic carbocycles. The first-order valence-electron chi connectivity index (χ1n) is 6.72. The Bertz CT molecular complexity index is 441. The Morgan fingerprint density at radius 2 is 1.70 bits per heavy atom. The first-order chi connectivity index (χ1) is 9.52. The van der Waals surface area contributed by atoms with Crippen LogP contribution >= 0.6 is 0 Å². The number of hydrogen-bond acceptors (Lipinski definition) is 3. The predicted octanol–water partition coefficient (Wildman–Crippen LogP) is 1.59. The highest BCUT2D eigenvalue weighted by Crippen LogP contribution is 2.10. The summed E-state index contributed by atoms with van der Waals surface area (Å²) in [6.07, 6.45) is 0.506. The summed E-state index contributed by atoms with van der Waals surface area (Å²) in [5.74, 6) is 0.899. The Hall–Kier alpha value is -2.04. The molecule has 5 heteroatoms. The zero-order chi connectivity index (χ0) is 15.0. The molecular weight excluding hydrogens is 256 g/mol. The van der Waals surface area contributed by atoms with Crippen molar-refractivity contribution in [2.45, 2.75) is 20.3 Å². The fourth-order valence-electron chi connectivity index (χ4n) is 1.67. The van der Waals surface area contributed by atoms with Crippen LogP contribution in [-0.2, 0) is 4.79 Å². The standard InChI is InChI=1S/C15H22N2O3/c1-11(2)10-14(18)16-8-9-17-15(19)12-4-6-13(20-3)7-5-12/h4-7,11H,8-10H2,1-3H3,(H,16,18)(H,17,19). The summed E-state index contributed by atoms with van der Waals surface area (Å²) in [6, 6.07) is 6.87. The van der Waals surface area contributed by atoms with Gasteiger partial charge in [-0.25, -0.2) is 0 Å². The second-order valence-corrected chi connectivity index (χ2v) is 4.93. The van der Waals surface area contributed by atoms with E-state index in [1.807, 2.05) is 13.8 Å². The molecule has 1 rings (SSSR count). The zero-order valence-electron chi connectivity index (χ0n) is 12.2. The highest BCUT2D eigenvalue weighted by Gasteiger charge is 2.06. The summed E-state index contributed by atoms with van der Waals surface area (Å²) in [7, 11) is 1.58. The third-order valence-electron chi connectivity index (χ3n) is 2.68. The van der Waals surface area contributed by atoms with Crippen molar-refractivity contribution in [3.8, 4) is 5.75 Å². The molecular formula is C15H22N2O3. The van der Waals surface area contributed by atoms with Crippen LogP contribution in [0.3, 0.4) is 0 Å². The largest absolute Gasteiger partial charge is 0.497 e. The molecule has 0 aromatic heterocycles. The van der Waals surface area contributed by atoms with Crippen molar-refractivity contribution in [3.05, 3.63) is 29.8 Å². The first-order valence-corrected chi connectivity index (χ1v) is 6.72. The predicted molar refractivity (Wildman–Crippen MR) is 77.8 cm³/mol. The van der Waals surface area contributed by atoms with Gasteiger partial charge in [0.25, 0.3) is 5.91 Å². The molecule has 0 fully saturated rings. The lowest BCUT2D eigenvalue weighted by Gasteiger charge is -2.08. The van der Waals surface area contributed by atoms with Gasteiger partial charge in [-0.05, 0) is 30.2 Å². The van der Waals surface area contributed by atoms with Crippen LogP contribution in [0.5, 0.6) is 5.75 Å².